The summed E-state index contributed by atoms with van der Waals surface area (Å²) in [6.45, 7) is 3.96. The maximum atomic E-state index is 13.0. The first-order valence-electron chi connectivity index (χ1n) is 6.30. The summed E-state index contributed by atoms with van der Waals surface area (Å²) in [7, 11) is 0. The highest BCUT2D eigenvalue weighted by atomic mass is 35.5. The molecule has 0 spiro atoms. The van der Waals surface area contributed by atoms with Crippen molar-refractivity contribution >= 4 is 22.6 Å². The zero-order valence-corrected chi connectivity index (χ0v) is 12.5. The van der Waals surface area contributed by atoms with Gasteiger partial charge in [-0.1, -0.05) is 17.2 Å². The number of rotatable bonds is 3. The van der Waals surface area contributed by atoms with E-state index in [0.29, 0.717) is 6.07 Å². The highest BCUT2D eigenvalue weighted by Crippen LogP contribution is 2.39. The van der Waals surface area contributed by atoms with Crippen molar-refractivity contribution in [2.24, 2.45) is 0 Å². The molecular weight excluding hydrogens is 321 g/mol. The fourth-order valence-corrected chi connectivity index (χ4v) is 2.08. The van der Waals surface area contributed by atoms with Crippen molar-refractivity contribution in [3.8, 4) is 5.75 Å². The van der Waals surface area contributed by atoms with E-state index in [-0.39, 0.29) is 28.3 Å². The van der Waals surface area contributed by atoms with E-state index >= 15 is 0 Å². The van der Waals surface area contributed by atoms with E-state index in [0.717, 1.165) is 5.57 Å². The van der Waals surface area contributed by atoms with E-state index in [9.17, 15) is 18.0 Å². The summed E-state index contributed by atoms with van der Waals surface area (Å²) in [5, 5.41) is -0.450. The molecule has 0 fully saturated rings. The quantitative estimate of drug-likeness (QED) is 0.598. The van der Waals surface area contributed by atoms with Gasteiger partial charge in [0, 0.05) is 11.5 Å². The lowest BCUT2D eigenvalue weighted by Gasteiger charge is -2.12. The number of halogens is 4. The molecule has 0 radical (unpaired) electrons. The Balaban J connectivity index is 2.57. The van der Waals surface area contributed by atoms with Crippen molar-refractivity contribution < 1.29 is 22.3 Å². The molecule has 0 saturated heterocycles. The maximum absolute atomic E-state index is 13.0. The molecule has 0 bridgehead atoms. The lowest BCUT2D eigenvalue weighted by molar-refractivity contribution is -0.136. The molecule has 1 aromatic heterocycles. The van der Waals surface area contributed by atoms with Crippen LogP contribution in [0.1, 0.15) is 19.4 Å². The Labute approximate surface area is 128 Å². The molecule has 0 aliphatic rings. The number of allylic oxidation sites excluding steroid dienone is 1. The first-order valence-corrected chi connectivity index (χ1v) is 6.67. The molecule has 7 heteroatoms. The molecule has 1 heterocycles. The third kappa shape index (κ3) is 3.44. The number of ether oxygens (including phenoxy) is 1. The Morgan fingerprint density at radius 2 is 2.05 bits per heavy atom. The van der Waals surface area contributed by atoms with Crippen LogP contribution in [0.5, 0.6) is 5.75 Å². The number of fused-ring (bicyclic) bond motifs is 1. The molecule has 0 atom stereocenters. The van der Waals surface area contributed by atoms with Gasteiger partial charge in [-0.05, 0) is 32.1 Å². The van der Waals surface area contributed by atoms with Gasteiger partial charge < -0.3 is 9.15 Å². The van der Waals surface area contributed by atoms with Gasteiger partial charge in [-0.15, -0.1) is 0 Å². The fourth-order valence-electron chi connectivity index (χ4n) is 1.82. The molecular formula is C15H12ClF3O3. The van der Waals surface area contributed by atoms with Crippen LogP contribution < -0.4 is 10.4 Å². The number of hydrogen-bond donors (Lipinski definition) is 0. The van der Waals surface area contributed by atoms with E-state index in [1.807, 2.05) is 13.8 Å². The smallest absolute Gasteiger partial charge is 0.417 e. The Hall–Kier alpha value is -1.95. The van der Waals surface area contributed by atoms with E-state index in [2.05, 4.69) is 0 Å². The Kier molecular flexibility index (Phi) is 4.51. The van der Waals surface area contributed by atoms with Gasteiger partial charge in [-0.3, -0.25) is 0 Å². The molecule has 3 nitrogen and oxygen atoms in total. The summed E-state index contributed by atoms with van der Waals surface area (Å²) in [4.78, 5) is 11.3. The summed E-state index contributed by atoms with van der Waals surface area (Å²) in [6.07, 6.45) is -2.90. The average molecular weight is 333 g/mol. The third-order valence-electron chi connectivity index (χ3n) is 2.85. The highest BCUT2D eigenvalue weighted by Gasteiger charge is 2.34. The summed E-state index contributed by atoms with van der Waals surface area (Å²) >= 11 is 6.01. The first kappa shape index (κ1) is 16.4. The van der Waals surface area contributed by atoms with Crippen LogP contribution in [0.2, 0.25) is 5.02 Å². The second kappa shape index (κ2) is 6.04. The zero-order chi connectivity index (χ0) is 16.5. The summed E-state index contributed by atoms with van der Waals surface area (Å²) in [6, 6.07) is 2.89. The van der Waals surface area contributed by atoms with Crippen LogP contribution in [0.4, 0.5) is 13.2 Å². The fraction of sp³-hybridized carbons (Fsp3) is 0.267. The van der Waals surface area contributed by atoms with Crippen LogP contribution in [0, 0.1) is 0 Å². The summed E-state index contributed by atoms with van der Waals surface area (Å²) < 4.78 is 49.1. The molecule has 118 valence electrons. The van der Waals surface area contributed by atoms with Crippen LogP contribution in [-0.4, -0.2) is 6.61 Å². The molecule has 0 amide bonds. The molecule has 2 aromatic rings. The lowest BCUT2D eigenvalue weighted by atomic mass is 10.1. The monoisotopic (exact) mass is 332 g/mol. The summed E-state index contributed by atoms with van der Waals surface area (Å²) in [5.41, 5.74) is -1.53. The maximum Gasteiger partial charge on any atom is 0.417 e. The third-order valence-corrected chi connectivity index (χ3v) is 3.21. The van der Waals surface area contributed by atoms with E-state index < -0.39 is 17.4 Å². The Bertz CT molecular complexity index is 787. The van der Waals surface area contributed by atoms with Crippen molar-refractivity contribution in [3.05, 3.63) is 50.9 Å². The number of alkyl halides is 3. The predicted molar refractivity (Wildman–Crippen MR) is 77.4 cm³/mol. The highest BCUT2D eigenvalue weighted by molar-refractivity contribution is 6.36. The van der Waals surface area contributed by atoms with Gasteiger partial charge in [0.15, 0.2) is 5.58 Å². The summed E-state index contributed by atoms with van der Waals surface area (Å²) in [5.74, 6) is 0.147. The van der Waals surface area contributed by atoms with E-state index in [1.165, 1.54) is 12.1 Å². The second-order valence-electron chi connectivity index (χ2n) is 4.82. The largest absolute Gasteiger partial charge is 0.488 e. The van der Waals surface area contributed by atoms with Crippen LogP contribution >= 0.6 is 11.6 Å². The van der Waals surface area contributed by atoms with E-state index in [4.69, 9.17) is 20.8 Å². The molecule has 0 aliphatic heterocycles. The molecule has 1 aromatic carbocycles. The minimum atomic E-state index is -4.68. The predicted octanol–water partition coefficient (Wildman–Crippen LogP) is 4.81. The topological polar surface area (TPSA) is 39.4 Å². The van der Waals surface area contributed by atoms with Gasteiger partial charge in [0.2, 0.25) is 0 Å². The average Bonchev–Trinajstić information content (AvgIpc) is 2.40. The van der Waals surface area contributed by atoms with Crippen LogP contribution in [0.15, 0.2) is 39.1 Å². The number of hydrogen-bond acceptors (Lipinski definition) is 3. The molecule has 22 heavy (non-hydrogen) atoms. The van der Waals surface area contributed by atoms with Crippen LogP contribution in [0.3, 0.4) is 0 Å². The minimum Gasteiger partial charge on any atom is -0.488 e. The number of benzene rings is 1. The second-order valence-corrected chi connectivity index (χ2v) is 5.20. The zero-order valence-electron chi connectivity index (χ0n) is 11.8. The Morgan fingerprint density at radius 1 is 1.36 bits per heavy atom. The van der Waals surface area contributed by atoms with Crippen LogP contribution in [-0.2, 0) is 6.18 Å². The SMILES string of the molecule is CC(C)=CCOc1ccc2c(C(F)(F)F)cc(=O)oc2c1Cl. The normalized spacial score (nSPS) is 11.5. The Morgan fingerprint density at radius 3 is 2.64 bits per heavy atom. The van der Waals surface area contributed by atoms with Gasteiger partial charge in [-0.2, -0.15) is 13.2 Å². The van der Waals surface area contributed by atoms with Crippen molar-refractivity contribution in [2.45, 2.75) is 20.0 Å². The molecule has 0 aliphatic carbocycles. The van der Waals surface area contributed by atoms with Crippen molar-refractivity contribution in [1.82, 2.24) is 0 Å². The van der Waals surface area contributed by atoms with Crippen molar-refractivity contribution in [3.63, 3.8) is 0 Å². The molecule has 0 N–H and O–H groups in total. The van der Waals surface area contributed by atoms with Gasteiger partial charge in [0.05, 0.1) is 5.56 Å². The van der Waals surface area contributed by atoms with Crippen molar-refractivity contribution in [1.29, 1.82) is 0 Å². The van der Waals surface area contributed by atoms with Gasteiger partial charge in [-0.25, -0.2) is 4.79 Å². The van der Waals surface area contributed by atoms with Gasteiger partial charge in [0.25, 0.3) is 0 Å². The van der Waals surface area contributed by atoms with E-state index in [1.54, 1.807) is 6.08 Å². The lowest BCUT2D eigenvalue weighted by Crippen LogP contribution is -2.11. The molecule has 0 unspecified atom stereocenters. The van der Waals surface area contributed by atoms with Gasteiger partial charge >= 0.3 is 11.8 Å². The minimum absolute atomic E-state index is 0.147. The van der Waals surface area contributed by atoms with Gasteiger partial charge in [0.1, 0.15) is 17.4 Å². The standard InChI is InChI=1S/C15H12ClF3O3/c1-8(2)5-6-21-11-4-3-9-10(15(17,18)19)7-12(20)22-14(9)13(11)16/h3-5,7H,6H2,1-2H3. The first-order chi connectivity index (χ1) is 10.2. The van der Waals surface area contributed by atoms with Crippen LogP contribution in [0.25, 0.3) is 11.0 Å². The van der Waals surface area contributed by atoms with Crippen molar-refractivity contribution in [2.75, 3.05) is 6.61 Å². The molecule has 2 rings (SSSR count). The molecule has 0 saturated carbocycles.